The number of carbonyl (C=O) groups is 1. The predicted octanol–water partition coefficient (Wildman–Crippen LogP) is 2.52. The van der Waals surface area contributed by atoms with E-state index >= 15 is 0 Å². The normalized spacial score (nSPS) is 14.8. The third-order valence-corrected chi connectivity index (χ3v) is 6.77. The monoisotopic (exact) mass is 442 g/mol. The average molecular weight is 442 g/mol. The highest BCUT2D eigenvalue weighted by Gasteiger charge is 2.22. The Kier molecular flexibility index (Phi) is 5.92. The molecule has 0 atom stereocenters. The fourth-order valence-corrected chi connectivity index (χ4v) is 4.98. The topological polar surface area (TPSA) is 118 Å². The Hall–Kier alpha value is -3.37. The number of carboxylic acid groups (broad SMARTS) is 1. The van der Waals surface area contributed by atoms with Crippen molar-refractivity contribution in [3.63, 3.8) is 0 Å². The number of aromatic nitrogens is 2. The van der Waals surface area contributed by atoms with Crippen LogP contribution in [0.3, 0.4) is 0 Å². The number of anilines is 1. The van der Waals surface area contributed by atoms with Crippen LogP contribution < -0.4 is 10.2 Å². The number of rotatable bonds is 3. The van der Waals surface area contributed by atoms with E-state index in [1.807, 2.05) is 18.2 Å². The molecule has 2 aromatic heterocycles. The first kappa shape index (κ1) is 20.9. The lowest BCUT2D eigenvalue weighted by Crippen LogP contribution is -2.27. The molecule has 31 heavy (non-hydrogen) atoms. The largest absolute Gasteiger partial charge is 0.483 e. The summed E-state index contributed by atoms with van der Waals surface area (Å²) in [5.41, 5.74) is 2.25. The summed E-state index contributed by atoms with van der Waals surface area (Å²) in [5, 5.41) is 16.0. The molecule has 5 rings (SSSR count). The molecule has 2 N–H and O–H groups in total. The van der Waals surface area contributed by atoms with Crippen molar-refractivity contribution in [2.75, 3.05) is 31.1 Å². The lowest BCUT2D eigenvalue weighted by Gasteiger charge is -2.22. The van der Waals surface area contributed by atoms with Gasteiger partial charge < -0.3 is 19.7 Å². The second-order valence-corrected chi connectivity index (χ2v) is 8.82. The maximum atomic E-state index is 13.3. The van der Waals surface area contributed by atoms with Gasteiger partial charge in [0.1, 0.15) is 5.58 Å². The van der Waals surface area contributed by atoms with E-state index in [4.69, 9.17) is 14.3 Å². The second kappa shape index (κ2) is 8.78. The zero-order chi connectivity index (χ0) is 21.8. The molecule has 4 aromatic rings. The molecule has 1 saturated heterocycles. The van der Waals surface area contributed by atoms with Crippen molar-refractivity contribution in [3.8, 4) is 0 Å². The molecule has 10 heteroatoms. The Bertz CT molecular complexity index is 1300. The lowest BCUT2D eigenvalue weighted by molar-refractivity contribution is -0.122. The minimum atomic E-state index is -3.81. The summed E-state index contributed by atoms with van der Waals surface area (Å²) in [5.74, 6) is 0. The van der Waals surface area contributed by atoms with Crippen molar-refractivity contribution in [1.29, 1.82) is 0 Å². The second-order valence-electron chi connectivity index (χ2n) is 7.05. The number of hydrogen-bond acceptors (Lipinski definition) is 7. The number of fused-ring (bicyclic) bond motifs is 2. The van der Waals surface area contributed by atoms with Crippen LogP contribution in [0, 0.1) is 0 Å². The van der Waals surface area contributed by atoms with Gasteiger partial charge in [0, 0.05) is 36.1 Å². The van der Waals surface area contributed by atoms with Gasteiger partial charge in [0.05, 0.1) is 22.9 Å². The van der Waals surface area contributed by atoms with Crippen LogP contribution in [0.25, 0.3) is 21.9 Å². The van der Waals surface area contributed by atoms with Crippen molar-refractivity contribution >= 4 is 44.1 Å². The van der Waals surface area contributed by atoms with Gasteiger partial charge in [0.15, 0.2) is 0 Å². The highest BCUT2D eigenvalue weighted by molar-refractivity contribution is 7.90. The average Bonchev–Trinajstić information content (AvgIpc) is 3.32. The van der Waals surface area contributed by atoms with Gasteiger partial charge in [-0.3, -0.25) is 4.79 Å². The fraction of sp³-hybridized carbons (Fsp3) is 0.238. The first-order valence-corrected chi connectivity index (χ1v) is 11.2. The van der Waals surface area contributed by atoms with Crippen molar-refractivity contribution in [3.05, 3.63) is 54.9 Å². The molecule has 9 nitrogen and oxygen atoms in total. The Morgan fingerprint density at radius 2 is 1.90 bits per heavy atom. The van der Waals surface area contributed by atoms with Crippen LogP contribution in [0.5, 0.6) is 0 Å². The van der Waals surface area contributed by atoms with Crippen molar-refractivity contribution < 1.29 is 22.7 Å². The van der Waals surface area contributed by atoms with E-state index in [0.29, 0.717) is 11.1 Å². The van der Waals surface area contributed by atoms with Gasteiger partial charge in [-0.15, -0.1) is 0 Å². The van der Waals surface area contributed by atoms with Gasteiger partial charge in [-0.2, -0.15) is 17.6 Å². The van der Waals surface area contributed by atoms with E-state index in [-0.39, 0.29) is 11.4 Å². The Balaban J connectivity index is 0.000000730. The minimum Gasteiger partial charge on any atom is -0.483 e. The first-order valence-electron chi connectivity index (χ1n) is 9.79. The number of furan rings is 1. The van der Waals surface area contributed by atoms with Gasteiger partial charge in [-0.25, -0.2) is 0 Å². The van der Waals surface area contributed by atoms with Gasteiger partial charge in [0.2, 0.25) is 0 Å². The van der Waals surface area contributed by atoms with Crippen molar-refractivity contribution in [2.45, 2.75) is 11.3 Å². The van der Waals surface area contributed by atoms with Gasteiger partial charge in [0.25, 0.3) is 16.5 Å². The summed E-state index contributed by atoms with van der Waals surface area (Å²) in [6.45, 7) is 3.50. The molecule has 0 bridgehead atoms. The van der Waals surface area contributed by atoms with Crippen molar-refractivity contribution in [2.24, 2.45) is 0 Å². The molecule has 2 aromatic carbocycles. The molecule has 0 radical (unpaired) electrons. The summed E-state index contributed by atoms with van der Waals surface area (Å²) in [6.07, 6.45) is 4.20. The molecule has 1 aliphatic rings. The molecule has 0 aliphatic carbocycles. The Morgan fingerprint density at radius 1 is 1.06 bits per heavy atom. The SMILES string of the molecule is O=CO.O=S(=O)(c1ccc2occc2c1)n1ncc2ccc(N3CCCNCC3)cc21. The Labute approximate surface area is 178 Å². The van der Waals surface area contributed by atoms with Crippen LogP contribution in [-0.2, 0) is 14.8 Å². The quantitative estimate of drug-likeness (QED) is 0.465. The summed E-state index contributed by atoms with van der Waals surface area (Å²) < 4.78 is 33.0. The van der Waals surface area contributed by atoms with E-state index in [9.17, 15) is 8.42 Å². The van der Waals surface area contributed by atoms with E-state index in [0.717, 1.165) is 53.1 Å². The number of hydrogen-bond donors (Lipinski definition) is 2. The maximum Gasteiger partial charge on any atom is 0.290 e. The molecule has 162 valence electrons. The molecule has 3 heterocycles. The van der Waals surface area contributed by atoms with Crippen LogP contribution in [0.2, 0.25) is 0 Å². The molecular weight excluding hydrogens is 420 g/mol. The van der Waals surface area contributed by atoms with E-state index in [2.05, 4.69) is 15.3 Å². The van der Waals surface area contributed by atoms with E-state index < -0.39 is 10.0 Å². The maximum absolute atomic E-state index is 13.3. The predicted molar refractivity (Wildman–Crippen MR) is 117 cm³/mol. The minimum absolute atomic E-state index is 0.191. The molecule has 0 saturated carbocycles. The fourth-order valence-electron chi connectivity index (χ4n) is 3.68. The molecular formula is C21H22N4O5S. The van der Waals surface area contributed by atoms with E-state index in [1.54, 1.807) is 36.7 Å². The number of nitrogens with one attached hydrogen (secondary N) is 1. The molecule has 0 amide bonds. The van der Waals surface area contributed by atoms with Crippen molar-refractivity contribution in [1.82, 2.24) is 14.5 Å². The molecule has 0 unspecified atom stereocenters. The molecule has 0 spiro atoms. The molecule has 1 fully saturated rings. The zero-order valence-electron chi connectivity index (χ0n) is 16.6. The van der Waals surface area contributed by atoms with Crippen LogP contribution in [0.1, 0.15) is 6.42 Å². The van der Waals surface area contributed by atoms with Crippen LogP contribution in [0.4, 0.5) is 5.69 Å². The number of nitrogens with zero attached hydrogens (tertiary/aromatic N) is 3. The summed E-state index contributed by atoms with van der Waals surface area (Å²) in [4.78, 5) is 10.8. The summed E-state index contributed by atoms with van der Waals surface area (Å²) in [7, 11) is -3.81. The lowest BCUT2D eigenvalue weighted by atomic mass is 10.2. The number of benzene rings is 2. The standard InChI is InChI=1S/C20H20N4O3S.CH2O2/c25-28(26,18-4-5-20-15(12-18)6-11-27-20)24-19-13-17(3-2-16(19)14-22-24)23-9-1-7-21-8-10-23;2-1-3/h2-6,11-14,21H,1,7-10H2;1H,(H,2,3). The highest BCUT2D eigenvalue weighted by atomic mass is 32.2. The summed E-state index contributed by atoms with van der Waals surface area (Å²) in [6, 6.07) is 12.5. The van der Waals surface area contributed by atoms with Gasteiger partial charge >= 0.3 is 0 Å². The third kappa shape index (κ3) is 4.12. The first-order chi connectivity index (χ1) is 15.0. The zero-order valence-corrected chi connectivity index (χ0v) is 17.5. The van der Waals surface area contributed by atoms with Crippen LogP contribution >= 0.6 is 0 Å². The Morgan fingerprint density at radius 3 is 2.74 bits per heavy atom. The smallest absolute Gasteiger partial charge is 0.290 e. The van der Waals surface area contributed by atoms with Gasteiger partial charge in [-0.1, -0.05) is 0 Å². The van der Waals surface area contributed by atoms with Gasteiger partial charge in [-0.05, 0) is 55.4 Å². The third-order valence-electron chi connectivity index (χ3n) is 5.18. The molecule has 1 aliphatic heterocycles. The highest BCUT2D eigenvalue weighted by Crippen LogP contribution is 2.27. The van der Waals surface area contributed by atoms with E-state index in [1.165, 1.54) is 0 Å². The van der Waals surface area contributed by atoms with Crippen LogP contribution in [0.15, 0.2) is 64.2 Å². The van der Waals surface area contributed by atoms with Crippen LogP contribution in [-0.4, -0.2) is 55.4 Å². The summed E-state index contributed by atoms with van der Waals surface area (Å²) >= 11 is 0.